The Balaban J connectivity index is 2.01. The van der Waals surface area contributed by atoms with E-state index in [1.165, 1.54) is 25.3 Å². The lowest BCUT2D eigenvalue weighted by Crippen LogP contribution is -2.23. The summed E-state index contributed by atoms with van der Waals surface area (Å²) in [5.74, 6) is -0.705. The molecule has 7 heteroatoms. The Bertz CT molecular complexity index is 624. The Morgan fingerprint density at radius 1 is 1.40 bits per heavy atom. The van der Waals surface area contributed by atoms with Crippen LogP contribution in [0.1, 0.15) is 16.1 Å². The largest absolute Gasteiger partial charge is 0.494 e. The van der Waals surface area contributed by atoms with Crippen molar-refractivity contribution in [2.45, 2.75) is 6.54 Å². The molecule has 0 atom stereocenters. The zero-order chi connectivity index (χ0) is 14.7. The average molecular weight is 317 g/mol. The van der Waals surface area contributed by atoms with E-state index in [2.05, 4.69) is 10.3 Å². The van der Waals surface area contributed by atoms with E-state index in [4.69, 9.17) is 27.9 Å². The summed E-state index contributed by atoms with van der Waals surface area (Å²) in [7, 11) is 1.39. The highest BCUT2D eigenvalue weighted by Crippen LogP contribution is 2.22. The Morgan fingerprint density at radius 3 is 2.70 bits per heavy atom. The molecular formula is C13H11Cl2FN2O2. The lowest BCUT2D eigenvalue weighted by Gasteiger charge is -2.06. The maximum atomic E-state index is 13.5. The van der Waals surface area contributed by atoms with Gasteiger partial charge in [-0.3, -0.25) is 4.79 Å². The van der Waals surface area contributed by atoms with E-state index in [9.17, 15) is 9.18 Å². The minimum atomic E-state index is -0.481. The molecule has 2 aromatic rings. The van der Waals surface area contributed by atoms with Gasteiger partial charge in [-0.15, -0.1) is 0 Å². The van der Waals surface area contributed by atoms with Crippen LogP contribution in [-0.4, -0.2) is 18.0 Å². The number of H-pyrrole nitrogens is 1. The summed E-state index contributed by atoms with van der Waals surface area (Å²) < 4.78 is 18.3. The zero-order valence-corrected chi connectivity index (χ0v) is 12.0. The van der Waals surface area contributed by atoms with Crippen molar-refractivity contribution in [2.24, 2.45) is 0 Å². The second kappa shape index (κ2) is 6.15. The van der Waals surface area contributed by atoms with Crippen LogP contribution in [-0.2, 0) is 6.54 Å². The number of amides is 1. The van der Waals surface area contributed by atoms with E-state index >= 15 is 0 Å². The van der Waals surface area contributed by atoms with E-state index in [1.807, 2.05) is 0 Å². The third kappa shape index (κ3) is 3.23. The fourth-order valence-corrected chi connectivity index (χ4v) is 1.94. The standard InChI is InChI=1S/C13H11Cl2FN2O2/c1-20-11-3-2-7(4-9(11)16)6-17-13(19)10-5-8(14)12(15)18-10/h2-5,18H,6H2,1H3,(H,17,19). The van der Waals surface area contributed by atoms with Crippen molar-refractivity contribution in [2.75, 3.05) is 7.11 Å². The van der Waals surface area contributed by atoms with Crippen molar-refractivity contribution >= 4 is 29.1 Å². The first kappa shape index (κ1) is 14.7. The fraction of sp³-hybridized carbons (Fsp3) is 0.154. The van der Waals surface area contributed by atoms with Gasteiger partial charge in [0.05, 0.1) is 12.1 Å². The van der Waals surface area contributed by atoms with Crippen molar-refractivity contribution in [3.05, 3.63) is 51.5 Å². The van der Waals surface area contributed by atoms with Crippen molar-refractivity contribution in [3.8, 4) is 5.75 Å². The topological polar surface area (TPSA) is 54.1 Å². The van der Waals surface area contributed by atoms with Gasteiger partial charge in [-0.05, 0) is 23.8 Å². The third-order valence-electron chi connectivity index (χ3n) is 2.64. The summed E-state index contributed by atoms with van der Waals surface area (Å²) in [5.41, 5.74) is 0.856. The van der Waals surface area contributed by atoms with Gasteiger partial charge in [0.15, 0.2) is 11.6 Å². The molecule has 1 aromatic carbocycles. The van der Waals surface area contributed by atoms with Crippen molar-refractivity contribution < 1.29 is 13.9 Å². The van der Waals surface area contributed by atoms with Gasteiger partial charge in [0.2, 0.25) is 0 Å². The summed E-state index contributed by atoms with van der Waals surface area (Å²) in [6, 6.07) is 5.89. The van der Waals surface area contributed by atoms with E-state index in [-0.39, 0.29) is 34.1 Å². The Morgan fingerprint density at radius 2 is 2.15 bits per heavy atom. The number of rotatable bonds is 4. The number of nitrogens with one attached hydrogen (secondary N) is 2. The smallest absolute Gasteiger partial charge is 0.268 e. The SMILES string of the molecule is COc1ccc(CNC(=O)c2cc(Cl)c(Cl)[nH]2)cc1F. The molecule has 1 aromatic heterocycles. The molecule has 1 amide bonds. The van der Waals surface area contributed by atoms with Crippen LogP contribution >= 0.6 is 23.2 Å². The molecule has 2 rings (SSSR count). The molecule has 20 heavy (non-hydrogen) atoms. The zero-order valence-electron chi connectivity index (χ0n) is 10.5. The second-order valence-corrected chi connectivity index (χ2v) is 4.78. The predicted octanol–water partition coefficient (Wildman–Crippen LogP) is 3.40. The maximum absolute atomic E-state index is 13.5. The molecule has 4 nitrogen and oxygen atoms in total. The molecule has 0 spiro atoms. The molecule has 0 fully saturated rings. The van der Waals surface area contributed by atoms with Crippen LogP contribution < -0.4 is 10.1 Å². The summed E-state index contributed by atoms with van der Waals surface area (Å²) in [6.45, 7) is 0.175. The van der Waals surface area contributed by atoms with Crippen molar-refractivity contribution in [1.29, 1.82) is 0 Å². The van der Waals surface area contributed by atoms with E-state index in [1.54, 1.807) is 6.07 Å². The van der Waals surface area contributed by atoms with E-state index in [0.29, 0.717) is 5.56 Å². The molecule has 0 saturated carbocycles. The van der Waals surface area contributed by atoms with E-state index in [0.717, 1.165) is 0 Å². The first-order valence-corrected chi connectivity index (χ1v) is 6.41. The molecular weight excluding hydrogens is 306 g/mol. The number of aromatic nitrogens is 1. The molecule has 0 radical (unpaired) electrons. The van der Waals surface area contributed by atoms with Gasteiger partial charge in [-0.1, -0.05) is 29.3 Å². The Kier molecular flexibility index (Phi) is 4.52. The molecule has 0 saturated heterocycles. The average Bonchev–Trinajstić information content (AvgIpc) is 2.76. The number of hydrogen-bond acceptors (Lipinski definition) is 2. The van der Waals surface area contributed by atoms with Gasteiger partial charge in [-0.25, -0.2) is 4.39 Å². The van der Waals surface area contributed by atoms with Crippen LogP contribution in [0.15, 0.2) is 24.3 Å². The van der Waals surface area contributed by atoms with Gasteiger partial charge >= 0.3 is 0 Å². The van der Waals surface area contributed by atoms with Crippen LogP contribution in [0.3, 0.4) is 0 Å². The highest BCUT2D eigenvalue weighted by atomic mass is 35.5. The molecule has 0 aliphatic heterocycles. The highest BCUT2D eigenvalue weighted by molar-refractivity contribution is 6.41. The predicted molar refractivity (Wildman–Crippen MR) is 74.9 cm³/mol. The van der Waals surface area contributed by atoms with Gasteiger partial charge < -0.3 is 15.0 Å². The summed E-state index contributed by atoms with van der Waals surface area (Å²) >= 11 is 11.5. The summed E-state index contributed by atoms with van der Waals surface area (Å²) in [4.78, 5) is 14.5. The Hall–Kier alpha value is -1.72. The Labute approximate surface area is 124 Å². The highest BCUT2D eigenvalue weighted by Gasteiger charge is 2.11. The quantitative estimate of drug-likeness (QED) is 0.908. The molecule has 0 bridgehead atoms. The molecule has 0 aliphatic carbocycles. The maximum Gasteiger partial charge on any atom is 0.268 e. The monoisotopic (exact) mass is 316 g/mol. The summed E-state index contributed by atoms with van der Waals surface area (Å²) in [6.07, 6.45) is 0. The molecule has 0 aliphatic rings. The van der Waals surface area contributed by atoms with Crippen LogP contribution in [0.4, 0.5) is 4.39 Å². The number of benzene rings is 1. The van der Waals surface area contributed by atoms with Crippen molar-refractivity contribution in [3.63, 3.8) is 0 Å². The minimum absolute atomic E-state index is 0.156. The fourth-order valence-electron chi connectivity index (χ4n) is 1.62. The summed E-state index contributed by atoms with van der Waals surface area (Å²) in [5, 5.41) is 3.10. The number of aromatic amines is 1. The number of ether oxygens (including phenoxy) is 1. The van der Waals surface area contributed by atoms with Crippen LogP contribution in [0.5, 0.6) is 5.75 Å². The number of carbonyl (C=O) groups excluding carboxylic acids is 1. The van der Waals surface area contributed by atoms with Gasteiger partial charge in [0.25, 0.3) is 5.91 Å². The van der Waals surface area contributed by atoms with Gasteiger partial charge in [0.1, 0.15) is 10.8 Å². The second-order valence-electron chi connectivity index (χ2n) is 4.00. The third-order valence-corrected chi connectivity index (χ3v) is 3.33. The number of methoxy groups -OCH3 is 1. The number of halogens is 3. The normalized spacial score (nSPS) is 10.4. The first-order chi connectivity index (χ1) is 9.51. The van der Waals surface area contributed by atoms with Gasteiger partial charge in [0, 0.05) is 6.54 Å². The van der Waals surface area contributed by atoms with Crippen LogP contribution in [0.25, 0.3) is 0 Å². The lowest BCUT2D eigenvalue weighted by molar-refractivity contribution is 0.0946. The lowest BCUT2D eigenvalue weighted by atomic mass is 10.2. The van der Waals surface area contributed by atoms with E-state index < -0.39 is 5.82 Å². The van der Waals surface area contributed by atoms with Crippen LogP contribution in [0, 0.1) is 5.82 Å². The number of carbonyl (C=O) groups is 1. The molecule has 1 heterocycles. The van der Waals surface area contributed by atoms with Gasteiger partial charge in [-0.2, -0.15) is 0 Å². The molecule has 2 N–H and O–H groups in total. The van der Waals surface area contributed by atoms with Crippen LogP contribution in [0.2, 0.25) is 10.2 Å². The minimum Gasteiger partial charge on any atom is -0.494 e. The van der Waals surface area contributed by atoms with Crippen molar-refractivity contribution in [1.82, 2.24) is 10.3 Å². The molecule has 0 unspecified atom stereocenters. The number of hydrogen-bond donors (Lipinski definition) is 2. The first-order valence-electron chi connectivity index (χ1n) is 5.66. The molecule has 106 valence electrons.